The molecule has 0 bridgehead atoms. The molecule has 1 aliphatic heterocycles. The van der Waals surface area contributed by atoms with Gasteiger partial charge in [0, 0.05) is 12.1 Å². The van der Waals surface area contributed by atoms with Gasteiger partial charge >= 0.3 is 0 Å². The van der Waals surface area contributed by atoms with Gasteiger partial charge in [0.2, 0.25) is 0 Å². The Hall–Kier alpha value is -1.58. The number of hydrogen-bond donors (Lipinski definition) is 1. The fourth-order valence-electron chi connectivity index (χ4n) is 3.22. The Labute approximate surface area is 126 Å². The van der Waals surface area contributed by atoms with Gasteiger partial charge in [-0.1, -0.05) is 30.3 Å². The lowest BCUT2D eigenvalue weighted by molar-refractivity contribution is 0.176. The highest BCUT2D eigenvalue weighted by molar-refractivity contribution is 5.17. The first-order valence-corrected chi connectivity index (χ1v) is 7.86. The van der Waals surface area contributed by atoms with Gasteiger partial charge in [0.25, 0.3) is 0 Å². The zero-order chi connectivity index (χ0) is 14.5. The van der Waals surface area contributed by atoms with Crippen LogP contribution in [0.4, 0.5) is 0 Å². The van der Waals surface area contributed by atoms with Crippen molar-refractivity contribution in [2.24, 2.45) is 11.7 Å². The molecule has 0 aliphatic carbocycles. The lowest BCUT2D eigenvalue weighted by atomic mass is 9.90. The van der Waals surface area contributed by atoms with E-state index in [2.05, 4.69) is 41.3 Å². The van der Waals surface area contributed by atoms with Gasteiger partial charge in [0.05, 0.1) is 12.8 Å². The Morgan fingerprint density at radius 2 is 1.86 bits per heavy atom. The zero-order valence-corrected chi connectivity index (χ0v) is 12.5. The summed E-state index contributed by atoms with van der Waals surface area (Å²) in [6, 6.07) is 12.9. The second-order valence-corrected chi connectivity index (χ2v) is 5.98. The minimum atomic E-state index is 0.493. The van der Waals surface area contributed by atoms with Crippen molar-refractivity contribution in [3.63, 3.8) is 0 Å². The molecule has 0 saturated carbocycles. The maximum Gasteiger partial charge on any atom is 0.121 e. The highest BCUT2D eigenvalue weighted by atomic mass is 16.3. The van der Waals surface area contributed by atoms with Crippen LogP contribution in [0.15, 0.2) is 47.1 Å². The lowest BCUT2D eigenvalue weighted by Crippen LogP contribution is -2.34. The number of rotatable bonds is 5. The fraction of sp³-hybridized carbons (Fsp3) is 0.444. The Bertz CT molecular complexity index is 541. The van der Waals surface area contributed by atoms with E-state index < -0.39 is 0 Å². The van der Waals surface area contributed by atoms with Crippen molar-refractivity contribution in [1.29, 1.82) is 0 Å². The highest BCUT2D eigenvalue weighted by Gasteiger charge is 2.20. The van der Waals surface area contributed by atoms with Gasteiger partial charge in [-0.3, -0.25) is 4.90 Å². The molecule has 3 rings (SSSR count). The molecule has 112 valence electrons. The summed E-state index contributed by atoms with van der Waals surface area (Å²) in [7, 11) is 0. The van der Waals surface area contributed by atoms with Gasteiger partial charge in [-0.15, -0.1) is 0 Å². The quantitative estimate of drug-likeness (QED) is 0.917. The molecule has 0 spiro atoms. The standard InChI is InChI=1S/C18H24N2O/c19-13-18-17(8-11-21-18)14-20-9-6-16(7-10-20)12-15-4-2-1-3-5-15/h1-5,8,11,16H,6-7,9-10,12-14,19H2. The maximum absolute atomic E-state index is 5.70. The molecule has 1 aromatic carbocycles. The summed E-state index contributed by atoms with van der Waals surface area (Å²) >= 11 is 0. The molecule has 0 radical (unpaired) electrons. The van der Waals surface area contributed by atoms with Crippen molar-refractivity contribution in [2.75, 3.05) is 13.1 Å². The third kappa shape index (κ3) is 3.74. The molecule has 3 heteroatoms. The molecule has 21 heavy (non-hydrogen) atoms. The van der Waals surface area contributed by atoms with E-state index in [1.165, 1.54) is 43.5 Å². The van der Waals surface area contributed by atoms with Crippen LogP contribution < -0.4 is 5.73 Å². The normalized spacial score (nSPS) is 17.2. The summed E-state index contributed by atoms with van der Waals surface area (Å²) in [5.74, 6) is 1.75. The first-order valence-electron chi connectivity index (χ1n) is 7.86. The second kappa shape index (κ2) is 6.92. The van der Waals surface area contributed by atoms with E-state index in [0.29, 0.717) is 6.54 Å². The van der Waals surface area contributed by atoms with E-state index in [-0.39, 0.29) is 0 Å². The van der Waals surface area contributed by atoms with Gasteiger partial charge in [-0.2, -0.15) is 0 Å². The average molecular weight is 284 g/mol. The van der Waals surface area contributed by atoms with Gasteiger partial charge in [0.1, 0.15) is 5.76 Å². The van der Waals surface area contributed by atoms with Crippen molar-refractivity contribution in [2.45, 2.75) is 32.4 Å². The van der Waals surface area contributed by atoms with Crippen molar-refractivity contribution in [1.82, 2.24) is 4.90 Å². The summed E-state index contributed by atoms with van der Waals surface area (Å²) in [5.41, 5.74) is 8.41. The monoisotopic (exact) mass is 284 g/mol. The number of furan rings is 1. The number of nitrogens with zero attached hydrogens (tertiary/aromatic N) is 1. The van der Waals surface area contributed by atoms with Gasteiger partial charge < -0.3 is 10.2 Å². The van der Waals surface area contributed by atoms with E-state index in [1.54, 1.807) is 6.26 Å². The average Bonchev–Trinajstić information content (AvgIpc) is 2.97. The molecular weight excluding hydrogens is 260 g/mol. The predicted octanol–water partition coefficient (Wildman–Crippen LogP) is 3.19. The molecule has 1 aromatic heterocycles. The number of piperidine rings is 1. The molecular formula is C18H24N2O. The van der Waals surface area contributed by atoms with E-state index in [1.807, 2.05) is 0 Å². The third-order valence-corrected chi connectivity index (χ3v) is 4.49. The second-order valence-electron chi connectivity index (χ2n) is 5.98. The maximum atomic E-state index is 5.70. The Balaban J connectivity index is 1.49. The molecule has 1 aliphatic rings. The van der Waals surface area contributed by atoms with Gasteiger partial charge in [-0.25, -0.2) is 0 Å². The number of hydrogen-bond acceptors (Lipinski definition) is 3. The van der Waals surface area contributed by atoms with Crippen molar-refractivity contribution >= 4 is 0 Å². The molecule has 2 N–H and O–H groups in total. The van der Waals surface area contributed by atoms with Crippen LogP contribution in [0.25, 0.3) is 0 Å². The minimum absolute atomic E-state index is 0.493. The van der Waals surface area contributed by atoms with Crippen LogP contribution in [-0.4, -0.2) is 18.0 Å². The Morgan fingerprint density at radius 1 is 1.10 bits per heavy atom. The fourth-order valence-corrected chi connectivity index (χ4v) is 3.22. The Morgan fingerprint density at radius 3 is 2.57 bits per heavy atom. The van der Waals surface area contributed by atoms with Crippen LogP contribution in [0.5, 0.6) is 0 Å². The van der Waals surface area contributed by atoms with E-state index in [4.69, 9.17) is 10.2 Å². The zero-order valence-electron chi connectivity index (χ0n) is 12.5. The van der Waals surface area contributed by atoms with Crippen LogP contribution in [0, 0.1) is 5.92 Å². The molecule has 0 atom stereocenters. The van der Waals surface area contributed by atoms with Gasteiger partial charge in [0.15, 0.2) is 0 Å². The SMILES string of the molecule is NCc1occc1CN1CCC(Cc2ccccc2)CC1. The van der Waals surface area contributed by atoms with Gasteiger partial charge in [-0.05, 0) is 49.9 Å². The number of likely N-dealkylation sites (tertiary alicyclic amines) is 1. The smallest absolute Gasteiger partial charge is 0.121 e. The molecule has 0 amide bonds. The lowest BCUT2D eigenvalue weighted by Gasteiger charge is -2.32. The summed E-state index contributed by atoms with van der Waals surface area (Å²) in [4.78, 5) is 2.52. The Kier molecular flexibility index (Phi) is 4.73. The van der Waals surface area contributed by atoms with Crippen LogP contribution in [0.1, 0.15) is 29.7 Å². The summed E-state index contributed by atoms with van der Waals surface area (Å²) in [5, 5.41) is 0. The largest absolute Gasteiger partial charge is 0.468 e. The van der Waals surface area contributed by atoms with Crippen LogP contribution in [-0.2, 0) is 19.5 Å². The van der Waals surface area contributed by atoms with E-state index in [9.17, 15) is 0 Å². The molecule has 2 aromatic rings. The molecule has 1 saturated heterocycles. The third-order valence-electron chi connectivity index (χ3n) is 4.49. The minimum Gasteiger partial charge on any atom is -0.468 e. The molecule has 1 fully saturated rings. The predicted molar refractivity (Wildman–Crippen MR) is 84.7 cm³/mol. The summed E-state index contributed by atoms with van der Waals surface area (Å²) in [6.07, 6.45) is 5.53. The van der Waals surface area contributed by atoms with Crippen LogP contribution in [0.3, 0.4) is 0 Å². The molecule has 0 unspecified atom stereocenters. The molecule has 3 nitrogen and oxygen atoms in total. The van der Waals surface area contributed by atoms with E-state index >= 15 is 0 Å². The summed E-state index contributed by atoms with van der Waals surface area (Å²) in [6.45, 7) is 3.81. The highest BCUT2D eigenvalue weighted by Crippen LogP contribution is 2.23. The van der Waals surface area contributed by atoms with Crippen LogP contribution in [0.2, 0.25) is 0 Å². The van der Waals surface area contributed by atoms with Crippen molar-refractivity contribution in [3.05, 3.63) is 59.5 Å². The number of nitrogens with two attached hydrogens (primary N) is 1. The summed E-state index contributed by atoms with van der Waals surface area (Å²) < 4.78 is 5.40. The topological polar surface area (TPSA) is 42.4 Å². The molecule has 2 heterocycles. The first kappa shape index (κ1) is 14.4. The van der Waals surface area contributed by atoms with E-state index in [0.717, 1.165) is 18.2 Å². The first-order chi connectivity index (χ1) is 10.3. The number of benzene rings is 1. The van der Waals surface area contributed by atoms with Crippen LogP contribution >= 0.6 is 0 Å². The van der Waals surface area contributed by atoms with Crippen molar-refractivity contribution in [3.8, 4) is 0 Å². The van der Waals surface area contributed by atoms with Crippen molar-refractivity contribution < 1.29 is 4.42 Å².